The topological polar surface area (TPSA) is 71.7 Å². The second kappa shape index (κ2) is 12.1. The lowest BCUT2D eigenvalue weighted by molar-refractivity contribution is -0.110. The SMILES string of the molecule is Brc1coc2c(OC3CCC3)cccc12.CC(C)O.O=CNC1CCCCC1. The Kier molecular flexibility index (Phi) is 9.85. The molecule has 0 saturated heterocycles. The van der Waals surface area contributed by atoms with Crippen LogP contribution in [0.2, 0.25) is 0 Å². The van der Waals surface area contributed by atoms with Crippen molar-refractivity contribution in [1.29, 1.82) is 0 Å². The lowest BCUT2D eigenvalue weighted by Gasteiger charge is -2.26. The molecule has 5 nitrogen and oxygen atoms in total. The molecule has 1 aromatic heterocycles. The van der Waals surface area contributed by atoms with E-state index in [4.69, 9.17) is 14.3 Å². The van der Waals surface area contributed by atoms with Gasteiger partial charge in [0.05, 0.1) is 10.6 Å². The zero-order valence-corrected chi connectivity index (χ0v) is 18.4. The standard InChI is InChI=1S/C12H11BrO2.C7H13NO.C3H8O/c13-10-7-14-12-9(10)5-2-6-11(12)15-8-3-1-4-8;9-6-8-7-4-2-1-3-5-7;1-3(2)4/h2,5-8H,1,3-4H2;6-7H,1-5H2,(H,8,9);3-4H,1-2H3. The first kappa shape index (κ1) is 22.8. The molecule has 0 radical (unpaired) electrons. The lowest BCUT2D eigenvalue weighted by atomic mass is 9.96. The summed E-state index contributed by atoms with van der Waals surface area (Å²) in [6, 6.07) is 6.47. The molecule has 1 amide bonds. The smallest absolute Gasteiger partial charge is 0.207 e. The minimum Gasteiger partial charge on any atom is -0.486 e. The van der Waals surface area contributed by atoms with E-state index in [1.807, 2.05) is 18.2 Å². The molecule has 2 N–H and O–H groups in total. The zero-order chi connectivity index (χ0) is 20.4. The maximum Gasteiger partial charge on any atom is 0.207 e. The number of aliphatic hydroxyl groups is 1. The van der Waals surface area contributed by atoms with Crippen molar-refractivity contribution in [2.75, 3.05) is 0 Å². The van der Waals surface area contributed by atoms with Crippen molar-refractivity contribution in [3.05, 3.63) is 28.9 Å². The first-order valence-corrected chi connectivity index (χ1v) is 11.0. The predicted octanol–water partition coefficient (Wildman–Crippen LogP) is 5.58. The van der Waals surface area contributed by atoms with Crippen molar-refractivity contribution in [2.45, 2.75) is 83.5 Å². The summed E-state index contributed by atoms with van der Waals surface area (Å²) in [5.74, 6) is 0.864. The number of halogens is 1. The third-order valence-electron chi connectivity index (χ3n) is 4.77. The van der Waals surface area contributed by atoms with E-state index in [1.54, 1.807) is 20.1 Å². The van der Waals surface area contributed by atoms with Crippen molar-refractivity contribution in [2.24, 2.45) is 0 Å². The molecule has 156 valence electrons. The third kappa shape index (κ3) is 7.47. The van der Waals surface area contributed by atoms with Crippen molar-refractivity contribution in [3.8, 4) is 5.75 Å². The number of hydrogen-bond acceptors (Lipinski definition) is 4. The van der Waals surface area contributed by atoms with Gasteiger partial charge in [-0.25, -0.2) is 0 Å². The summed E-state index contributed by atoms with van der Waals surface area (Å²) in [4.78, 5) is 9.96. The van der Waals surface area contributed by atoms with E-state index in [0.717, 1.165) is 40.4 Å². The Balaban J connectivity index is 0.000000184. The predicted molar refractivity (Wildman–Crippen MR) is 116 cm³/mol. The Bertz CT molecular complexity index is 703. The molecule has 2 aliphatic carbocycles. The van der Waals surface area contributed by atoms with Crippen LogP contribution in [-0.4, -0.2) is 29.8 Å². The summed E-state index contributed by atoms with van der Waals surface area (Å²) < 4.78 is 12.3. The van der Waals surface area contributed by atoms with E-state index < -0.39 is 0 Å². The van der Waals surface area contributed by atoms with Gasteiger partial charge < -0.3 is 19.6 Å². The van der Waals surface area contributed by atoms with Crippen LogP contribution in [0.1, 0.15) is 65.2 Å². The number of fused-ring (bicyclic) bond motifs is 1. The fraction of sp³-hybridized carbons (Fsp3) is 0.591. The van der Waals surface area contributed by atoms with Gasteiger partial charge in [-0.3, -0.25) is 4.79 Å². The van der Waals surface area contributed by atoms with Gasteiger partial charge in [0.25, 0.3) is 0 Å². The van der Waals surface area contributed by atoms with Crippen LogP contribution in [0.5, 0.6) is 5.75 Å². The highest BCUT2D eigenvalue weighted by molar-refractivity contribution is 9.10. The number of hydrogen-bond donors (Lipinski definition) is 2. The van der Waals surface area contributed by atoms with Crippen molar-refractivity contribution in [1.82, 2.24) is 5.32 Å². The van der Waals surface area contributed by atoms with Gasteiger partial charge in [-0.15, -0.1) is 0 Å². The third-order valence-corrected chi connectivity index (χ3v) is 5.39. The molecule has 2 saturated carbocycles. The highest BCUT2D eigenvalue weighted by Gasteiger charge is 2.21. The first-order valence-electron chi connectivity index (χ1n) is 10.2. The van der Waals surface area contributed by atoms with Gasteiger partial charge in [-0.1, -0.05) is 25.3 Å². The van der Waals surface area contributed by atoms with Gasteiger partial charge in [0.15, 0.2) is 11.3 Å². The van der Waals surface area contributed by atoms with Crippen LogP contribution < -0.4 is 10.1 Å². The number of rotatable bonds is 4. The summed E-state index contributed by atoms with van der Waals surface area (Å²) in [6.07, 6.45) is 12.6. The summed E-state index contributed by atoms with van der Waals surface area (Å²) in [5.41, 5.74) is 0.844. The molecule has 28 heavy (non-hydrogen) atoms. The maximum atomic E-state index is 9.96. The van der Waals surface area contributed by atoms with E-state index >= 15 is 0 Å². The maximum absolute atomic E-state index is 9.96. The van der Waals surface area contributed by atoms with Crippen LogP contribution >= 0.6 is 15.9 Å². The Morgan fingerprint density at radius 2 is 1.86 bits per heavy atom. The molecular weight excluding hydrogens is 422 g/mol. The Labute approximate surface area is 176 Å². The number of benzene rings is 1. The Morgan fingerprint density at radius 1 is 1.18 bits per heavy atom. The summed E-state index contributed by atoms with van der Waals surface area (Å²) in [5, 5.41) is 11.9. The van der Waals surface area contributed by atoms with Gasteiger partial charge in [0.1, 0.15) is 6.26 Å². The summed E-state index contributed by atoms with van der Waals surface area (Å²) >= 11 is 3.45. The van der Waals surface area contributed by atoms with Gasteiger partial charge in [0.2, 0.25) is 6.41 Å². The van der Waals surface area contributed by atoms with Crippen LogP contribution in [0, 0.1) is 0 Å². The van der Waals surface area contributed by atoms with Gasteiger partial charge in [-0.2, -0.15) is 0 Å². The first-order chi connectivity index (χ1) is 13.5. The van der Waals surface area contributed by atoms with E-state index in [9.17, 15) is 4.79 Å². The number of ether oxygens (including phenoxy) is 1. The Hall–Kier alpha value is -1.53. The number of para-hydroxylation sites is 1. The number of furan rings is 1. The second-order valence-electron chi connectivity index (χ2n) is 7.60. The minimum absolute atomic E-state index is 0.167. The van der Waals surface area contributed by atoms with Crippen LogP contribution in [0.3, 0.4) is 0 Å². The molecule has 0 bridgehead atoms. The molecule has 0 aliphatic heterocycles. The molecule has 2 fully saturated rings. The number of nitrogens with one attached hydrogen (secondary N) is 1. The van der Waals surface area contributed by atoms with Crippen molar-refractivity contribution >= 4 is 33.3 Å². The van der Waals surface area contributed by atoms with Crippen LogP contribution in [-0.2, 0) is 4.79 Å². The van der Waals surface area contributed by atoms with E-state index in [0.29, 0.717) is 12.1 Å². The number of amides is 1. The molecule has 0 unspecified atom stereocenters. The van der Waals surface area contributed by atoms with Crippen molar-refractivity contribution < 1.29 is 19.1 Å². The van der Waals surface area contributed by atoms with Gasteiger partial charge >= 0.3 is 0 Å². The molecule has 1 aromatic carbocycles. The molecule has 6 heteroatoms. The average molecular weight is 454 g/mol. The lowest BCUT2D eigenvalue weighted by Crippen LogP contribution is -2.29. The fourth-order valence-corrected chi connectivity index (χ4v) is 3.53. The van der Waals surface area contributed by atoms with E-state index in [-0.39, 0.29) is 6.10 Å². The monoisotopic (exact) mass is 453 g/mol. The van der Waals surface area contributed by atoms with Crippen molar-refractivity contribution in [3.63, 3.8) is 0 Å². The molecule has 1 heterocycles. The zero-order valence-electron chi connectivity index (χ0n) is 16.8. The molecule has 0 atom stereocenters. The highest BCUT2D eigenvalue weighted by atomic mass is 79.9. The van der Waals surface area contributed by atoms with Crippen LogP contribution in [0.25, 0.3) is 11.0 Å². The number of carbonyl (C=O) groups excluding carboxylic acids is 1. The molecule has 2 aromatic rings. The average Bonchev–Trinajstić information content (AvgIpc) is 3.02. The summed E-state index contributed by atoms with van der Waals surface area (Å²) in [7, 11) is 0. The fourth-order valence-electron chi connectivity index (χ4n) is 3.13. The van der Waals surface area contributed by atoms with Gasteiger partial charge in [0, 0.05) is 17.5 Å². The van der Waals surface area contributed by atoms with E-state index in [1.165, 1.54) is 38.5 Å². The molecule has 0 spiro atoms. The highest BCUT2D eigenvalue weighted by Crippen LogP contribution is 2.35. The minimum atomic E-state index is -0.167. The quantitative estimate of drug-likeness (QED) is 0.592. The summed E-state index contributed by atoms with van der Waals surface area (Å²) in [6.45, 7) is 3.44. The molecule has 4 rings (SSSR count). The molecule has 2 aliphatic rings. The largest absolute Gasteiger partial charge is 0.486 e. The van der Waals surface area contributed by atoms with E-state index in [2.05, 4.69) is 21.2 Å². The normalized spacial score (nSPS) is 17.0. The molecular formula is C22H32BrNO4. The number of carbonyl (C=O) groups is 1. The Morgan fingerprint density at radius 3 is 2.43 bits per heavy atom. The number of aliphatic hydroxyl groups excluding tert-OH is 1. The van der Waals surface area contributed by atoms with Crippen LogP contribution in [0.4, 0.5) is 0 Å². The van der Waals surface area contributed by atoms with Gasteiger partial charge in [-0.05, 0) is 74.0 Å². The van der Waals surface area contributed by atoms with Crippen LogP contribution in [0.15, 0.2) is 33.4 Å². The second-order valence-corrected chi connectivity index (χ2v) is 8.45.